The minimum absolute atomic E-state index is 0.190. The Balaban J connectivity index is 2.07. The molecule has 0 spiro atoms. The van der Waals surface area contributed by atoms with Crippen LogP contribution in [-0.2, 0) is 0 Å². The summed E-state index contributed by atoms with van der Waals surface area (Å²) < 4.78 is 23.6. The van der Waals surface area contributed by atoms with E-state index >= 15 is 0 Å². The molecule has 0 atom stereocenters. The number of hydrogen-bond acceptors (Lipinski definition) is 3. The largest absolute Gasteiger partial charge is 0.490 e. The van der Waals surface area contributed by atoms with E-state index in [9.17, 15) is 9.18 Å². The molecule has 0 aliphatic heterocycles. The lowest BCUT2D eigenvalue weighted by molar-refractivity contribution is 0.0734. The van der Waals surface area contributed by atoms with Crippen LogP contribution in [0.25, 0.3) is 0 Å². The molecular formula is C18H17Cl2FO3. The van der Waals surface area contributed by atoms with Crippen LogP contribution in [0.1, 0.15) is 36.5 Å². The fraction of sp³-hybridized carbons (Fsp3) is 0.278. The number of unbranched alkanes of at least 4 members (excludes halogenated alkanes) is 2. The van der Waals surface area contributed by atoms with E-state index in [1.54, 1.807) is 0 Å². The number of hydrogen-bond donors (Lipinski definition) is 0. The summed E-state index contributed by atoms with van der Waals surface area (Å²) in [6, 6.07) is 8.01. The molecule has 3 nitrogen and oxygen atoms in total. The maximum atomic E-state index is 12.9. The number of esters is 1. The number of halogens is 3. The van der Waals surface area contributed by atoms with Crippen molar-refractivity contribution in [3.05, 3.63) is 57.8 Å². The Hall–Kier alpha value is -1.78. The molecule has 24 heavy (non-hydrogen) atoms. The summed E-state index contributed by atoms with van der Waals surface area (Å²) in [6.07, 6.45) is 3.04. The molecule has 0 saturated heterocycles. The number of benzene rings is 2. The Labute approximate surface area is 150 Å². The van der Waals surface area contributed by atoms with Gasteiger partial charge in [0.1, 0.15) is 11.6 Å². The predicted octanol–water partition coefficient (Wildman–Crippen LogP) is 5.92. The van der Waals surface area contributed by atoms with Crippen molar-refractivity contribution in [1.82, 2.24) is 0 Å². The first-order valence-corrected chi connectivity index (χ1v) is 8.36. The first kappa shape index (κ1) is 18.6. The summed E-state index contributed by atoms with van der Waals surface area (Å²) in [5, 5.41) is 0.482. The summed E-state index contributed by atoms with van der Waals surface area (Å²) in [5.74, 6) is -0.463. The molecule has 0 aliphatic rings. The van der Waals surface area contributed by atoms with Crippen LogP contribution in [0.15, 0.2) is 36.4 Å². The quantitative estimate of drug-likeness (QED) is 0.344. The Kier molecular flexibility index (Phi) is 6.88. The zero-order valence-electron chi connectivity index (χ0n) is 13.2. The summed E-state index contributed by atoms with van der Waals surface area (Å²) >= 11 is 12.3. The van der Waals surface area contributed by atoms with E-state index in [-0.39, 0.29) is 21.4 Å². The SMILES string of the molecule is CCCCCOc1c(Cl)cc(C(=O)Oc2ccc(F)cc2)cc1Cl. The van der Waals surface area contributed by atoms with Crippen molar-refractivity contribution < 1.29 is 18.7 Å². The van der Waals surface area contributed by atoms with Crippen LogP contribution in [0.3, 0.4) is 0 Å². The van der Waals surface area contributed by atoms with Gasteiger partial charge in [-0.1, -0.05) is 43.0 Å². The van der Waals surface area contributed by atoms with Gasteiger partial charge in [-0.3, -0.25) is 0 Å². The van der Waals surface area contributed by atoms with Gasteiger partial charge in [-0.2, -0.15) is 0 Å². The van der Waals surface area contributed by atoms with Gasteiger partial charge in [0.2, 0.25) is 0 Å². The first-order valence-electron chi connectivity index (χ1n) is 7.61. The van der Waals surface area contributed by atoms with E-state index in [0.29, 0.717) is 12.4 Å². The maximum Gasteiger partial charge on any atom is 0.343 e. The molecular weight excluding hydrogens is 354 g/mol. The van der Waals surface area contributed by atoms with Crippen molar-refractivity contribution in [1.29, 1.82) is 0 Å². The van der Waals surface area contributed by atoms with Crippen LogP contribution < -0.4 is 9.47 Å². The topological polar surface area (TPSA) is 35.5 Å². The van der Waals surface area contributed by atoms with Crippen LogP contribution in [0.5, 0.6) is 11.5 Å². The van der Waals surface area contributed by atoms with Crippen molar-refractivity contribution >= 4 is 29.2 Å². The van der Waals surface area contributed by atoms with Gasteiger partial charge >= 0.3 is 5.97 Å². The molecule has 0 amide bonds. The Morgan fingerprint density at radius 2 is 1.71 bits per heavy atom. The predicted molar refractivity (Wildman–Crippen MR) is 92.8 cm³/mol. The van der Waals surface area contributed by atoms with Gasteiger partial charge in [-0.15, -0.1) is 0 Å². The van der Waals surface area contributed by atoms with Gasteiger partial charge in [-0.25, -0.2) is 9.18 Å². The van der Waals surface area contributed by atoms with Gasteiger partial charge in [-0.05, 0) is 42.8 Å². The Bertz CT molecular complexity index is 679. The van der Waals surface area contributed by atoms with Crippen molar-refractivity contribution in [3.63, 3.8) is 0 Å². The third-order valence-corrected chi connectivity index (χ3v) is 3.81. The van der Waals surface area contributed by atoms with E-state index in [4.69, 9.17) is 32.7 Å². The fourth-order valence-corrected chi connectivity index (χ4v) is 2.61. The highest BCUT2D eigenvalue weighted by atomic mass is 35.5. The van der Waals surface area contributed by atoms with Gasteiger partial charge in [0.15, 0.2) is 5.75 Å². The summed E-state index contributed by atoms with van der Waals surface area (Å²) in [5.41, 5.74) is 0.190. The second-order valence-corrected chi connectivity index (χ2v) is 5.98. The van der Waals surface area contributed by atoms with Crippen LogP contribution in [0.2, 0.25) is 10.0 Å². The molecule has 0 heterocycles. The Morgan fingerprint density at radius 1 is 1.08 bits per heavy atom. The van der Waals surface area contributed by atoms with Crippen LogP contribution in [0, 0.1) is 5.82 Å². The number of carbonyl (C=O) groups excluding carboxylic acids is 1. The normalized spacial score (nSPS) is 10.5. The number of ether oxygens (including phenoxy) is 2. The lowest BCUT2D eigenvalue weighted by Crippen LogP contribution is -2.09. The average Bonchev–Trinajstić information content (AvgIpc) is 2.55. The summed E-state index contributed by atoms with van der Waals surface area (Å²) in [4.78, 5) is 12.1. The second-order valence-electron chi connectivity index (χ2n) is 5.17. The smallest absolute Gasteiger partial charge is 0.343 e. The molecule has 2 aromatic carbocycles. The van der Waals surface area contributed by atoms with E-state index < -0.39 is 11.8 Å². The van der Waals surface area contributed by atoms with E-state index in [0.717, 1.165) is 19.3 Å². The zero-order chi connectivity index (χ0) is 17.5. The van der Waals surface area contributed by atoms with Crippen molar-refractivity contribution in [3.8, 4) is 11.5 Å². The molecule has 6 heteroatoms. The van der Waals surface area contributed by atoms with Gasteiger partial charge < -0.3 is 9.47 Å². The monoisotopic (exact) mass is 370 g/mol. The third kappa shape index (κ3) is 5.11. The maximum absolute atomic E-state index is 12.9. The Morgan fingerprint density at radius 3 is 2.29 bits per heavy atom. The number of carbonyl (C=O) groups is 1. The van der Waals surface area contributed by atoms with Gasteiger partial charge in [0, 0.05) is 0 Å². The second kappa shape index (κ2) is 8.90. The molecule has 0 radical (unpaired) electrons. The lowest BCUT2D eigenvalue weighted by atomic mass is 10.2. The molecule has 2 aromatic rings. The minimum atomic E-state index is -0.636. The molecule has 0 N–H and O–H groups in total. The zero-order valence-corrected chi connectivity index (χ0v) is 14.7. The molecule has 0 aromatic heterocycles. The van der Waals surface area contributed by atoms with Crippen molar-refractivity contribution in [2.24, 2.45) is 0 Å². The number of rotatable bonds is 7. The standard InChI is InChI=1S/C18H17Cl2FO3/c1-2-3-4-9-23-17-15(19)10-12(11-16(17)20)18(22)24-14-7-5-13(21)6-8-14/h5-8,10-11H,2-4,9H2,1H3. The van der Waals surface area contributed by atoms with Crippen LogP contribution >= 0.6 is 23.2 Å². The van der Waals surface area contributed by atoms with E-state index in [1.807, 2.05) is 0 Å². The average molecular weight is 371 g/mol. The summed E-state index contributed by atoms with van der Waals surface area (Å²) in [7, 11) is 0. The van der Waals surface area contributed by atoms with Crippen LogP contribution in [-0.4, -0.2) is 12.6 Å². The lowest BCUT2D eigenvalue weighted by Gasteiger charge is -2.11. The highest BCUT2D eigenvalue weighted by molar-refractivity contribution is 6.37. The highest BCUT2D eigenvalue weighted by Crippen LogP contribution is 2.34. The summed E-state index contributed by atoms with van der Waals surface area (Å²) in [6.45, 7) is 2.61. The first-order chi connectivity index (χ1) is 11.5. The van der Waals surface area contributed by atoms with E-state index in [1.165, 1.54) is 36.4 Å². The molecule has 0 fully saturated rings. The molecule has 0 saturated carbocycles. The molecule has 0 aliphatic carbocycles. The molecule has 2 rings (SSSR count). The third-order valence-electron chi connectivity index (χ3n) is 3.25. The van der Waals surface area contributed by atoms with E-state index in [2.05, 4.69) is 6.92 Å². The van der Waals surface area contributed by atoms with Crippen LogP contribution in [0.4, 0.5) is 4.39 Å². The molecule has 128 valence electrons. The van der Waals surface area contributed by atoms with Crippen molar-refractivity contribution in [2.75, 3.05) is 6.61 Å². The molecule has 0 bridgehead atoms. The molecule has 0 unspecified atom stereocenters. The van der Waals surface area contributed by atoms with Gasteiger partial charge in [0.25, 0.3) is 0 Å². The highest BCUT2D eigenvalue weighted by Gasteiger charge is 2.16. The fourth-order valence-electron chi connectivity index (χ4n) is 2.01. The minimum Gasteiger partial charge on any atom is -0.490 e. The van der Waals surface area contributed by atoms with Gasteiger partial charge in [0.05, 0.1) is 22.2 Å². The van der Waals surface area contributed by atoms with Crippen molar-refractivity contribution in [2.45, 2.75) is 26.2 Å².